The number of hydrogen-bond donors (Lipinski definition) is 1. The first-order valence-electron chi connectivity index (χ1n) is 8.44. The first kappa shape index (κ1) is 14.4. The molecule has 1 unspecified atom stereocenters. The molecule has 0 radical (unpaired) electrons. The molecule has 0 bridgehead atoms. The summed E-state index contributed by atoms with van der Waals surface area (Å²) >= 11 is 0. The van der Waals surface area contributed by atoms with Gasteiger partial charge in [0, 0.05) is 6.04 Å². The second-order valence-corrected chi connectivity index (χ2v) is 7.16. The third-order valence-electron chi connectivity index (χ3n) is 5.27. The molecule has 1 N–H and O–H groups in total. The Morgan fingerprint density at radius 1 is 0.944 bits per heavy atom. The maximum Gasteiger partial charge on any atom is 0.00979 e. The van der Waals surface area contributed by atoms with Gasteiger partial charge in [-0.1, -0.05) is 33.6 Å². The van der Waals surface area contributed by atoms with E-state index in [1.807, 2.05) is 0 Å². The van der Waals surface area contributed by atoms with Crippen molar-refractivity contribution in [2.45, 2.75) is 78.2 Å². The van der Waals surface area contributed by atoms with Crippen LogP contribution < -0.4 is 5.32 Å². The normalized spacial score (nSPS) is 30.7. The minimum atomic E-state index is 0.838. The third kappa shape index (κ3) is 4.26. The van der Waals surface area contributed by atoms with Gasteiger partial charge in [0.1, 0.15) is 0 Å². The van der Waals surface area contributed by atoms with Gasteiger partial charge in [-0.25, -0.2) is 0 Å². The van der Waals surface area contributed by atoms with Crippen molar-refractivity contribution >= 4 is 0 Å². The predicted molar refractivity (Wildman–Crippen MR) is 79.7 cm³/mol. The van der Waals surface area contributed by atoms with Crippen LogP contribution in [0.15, 0.2) is 0 Å². The Kier molecular flexibility index (Phi) is 5.54. The summed E-state index contributed by atoms with van der Waals surface area (Å²) in [6.07, 6.45) is 11.7. The van der Waals surface area contributed by atoms with Crippen molar-refractivity contribution in [3.05, 3.63) is 0 Å². The van der Waals surface area contributed by atoms with Gasteiger partial charge in [0.05, 0.1) is 0 Å². The number of rotatable bonds is 7. The van der Waals surface area contributed by atoms with E-state index in [-0.39, 0.29) is 0 Å². The maximum atomic E-state index is 3.85. The van der Waals surface area contributed by atoms with Crippen LogP contribution in [0.1, 0.15) is 72.1 Å². The van der Waals surface area contributed by atoms with Crippen molar-refractivity contribution in [2.24, 2.45) is 23.7 Å². The summed E-state index contributed by atoms with van der Waals surface area (Å²) in [7, 11) is 0. The smallest absolute Gasteiger partial charge is 0.00979 e. The Morgan fingerprint density at radius 2 is 1.56 bits per heavy atom. The Balaban J connectivity index is 1.78. The summed E-state index contributed by atoms with van der Waals surface area (Å²) in [6.45, 7) is 8.32. The molecule has 1 heteroatoms. The van der Waals surface area contributed by atoms with Crippen LogP contribution in [0.4, 0.5) is 0 Å². The van der Waals surface area contributed by atoms with Crippen molar-refractivity contribution in [1.29, 1.82) is 0 Å². The van der Waals surface area contributed by atoms with Gasteiger partial charge in [-0.05, 0) is 68.7 Å². The molecule has 0 heterocycles. The van der Waals surface area contributed by atoms with Crippen LogP contribution in [0.3, 0.4) is 0 Å². The van der Waals surface area contributed by atoms with Gasteiger partial charge in [-0.3, -0.25) is 0 Å². The Labute approximate surface area is 114 Å². The zero-order chi connectivity index (χ0) is 13.0. The van der Waals surface area contributed by atoms with Crippen LogP contribution in [0.5, 0.6) is 0 Å². The zero-order valence-corrected chi connectivity index (χ0v) is 12.8. The Morgan fingerprint density at radius 3 is 2.06 bits per heavy atom. The van der Waals surface area contributed by atoms with Crippen LogP contribution in [-0.2, 0) is 0 Å². The fraction of sp³-hybridized carbons (Fsp3) is 1.00. The van der Waals surface area contributed by atoms with Gasteiger partial charge in [0.15, 0.2) is 0 Å². The molecule has 0 aromatic carbocycles. The number of hydrogen-bond acceptors (Lipinski definition) is 1. The molecule has 0 aromatic rings. The van der Waals surface area contributed by atoms with Gasteiger partial charge in [0.2, 0.25) is 0 Å². The topological polar surface area (TPSA) is 12.0 Å². The highest BCUT2D eigenvalue weighted by atomic mass is 14.9. The molecule has 1 atom stereocenters. The zero-order valence-electron chi connectivity index (χ0n) is 12.8. The van der Waals surface area contributed by atoms with Crippen LogP contribution in [0.2, 0.25) is 0 Å². The highest BCUT2D eigenvalue weighted by Gasteiger charge is 2.32. The molecule has 2 fully saturated rings. The second-order valence-electron chi connectivity index (χ2n) is 7.16. The quantitative estimate of drug-likeness (QED) is 0.696. The van der Waals surface area contributed by atoms with E-state index in [1.54, 1.807) is 0 Å². The summed E-state index contributed by atoms with van der Waals surface area (Å²) in [5.74, 6) is 3.96. The minimum absolute atomic E-state index is 0.838. The summed E-state index contributed by atoms with van der Waals surface area (Å²) in [5, 5.41) is 3.85. The van der Waals surface area contributed by atoms with E-state index < -0.39 is 0 Å². The van der Waals surface area contributed by atoms with E-state index in [9.17, 15) is 0 Å². The summed E-state index contributed by atoms with van der Waals surface area (Å²) in [4.78, 5) is 0. The minimum Gasteiger partial charge on any atom is -0.314 e. The molecule has 2 saturated carbocycles. The molecular weight excluding hydrogens is 218 g/mol. The van der Waals surface area contributed by atoms with Gasteiger partial charge in [0.25, 0.3) is 0 Å². The predicted octanol–water partition coefficient (Wildman–Crippen LogP) is 4.62. The lowest BCUT2D eigenvalue weighted by atomic mass is 9.73. The summed E-state index contributed by atoms with van der Waals surface area (Å²) in [6, 6.07) is 0.838. The van der Waals surface area contributed by atoms with E-state index in [1.165, 1.54) is 57.9 Å². The second kappa shape index (κ2) is 6.93. The van der Waals surface area contributed by atoms with Crippen molar-refractivity contribution in [2.75, 3.05) is 6.54 Å². The van der Waals surface area contributed by atoms with Gasteiger partial charge < -0.3 is 5.32 Å². The fourth-order valence-corrected chi connectivity index (χ4v) is 3.70. The molecule has 2 aliphatic rings. The average Bonchev–Trinajstić information content (AvgIpc) is 3.18. The largest absolute Gasteiger partial charge is 0.314 e. The fourth-order valence-electron chi connectivity index (χ4n) is 3.70. The maximum absolute atomic E-state index is 3.85. The highest BCUT2D eigenvalue weighted by molar-refractivity contribution is 4.87. The van der Waals surface area contributed by atoms with Crippen LogP contribution in [0, 0.1) is 23.7 Å². The summed E-state index contributed by atoms with van der Waals surface area (Å²) < 4.78 is 0. The molecule has 1 nitrogen and oxygen atoms in total. The van der Waals surface area contributed by atoms with Crippen molar-refractivity contribution in [1.82, 2.24) is 5.32 Å². The molecule has 18 heavy (non-hydrogen) atoms. The molecule has 0 aliphatic heterocycles. The highest BCUT2D eigenvalue weighted by Crippen LogP contribution is 2.40. The van der Waals surface area contributed by atoms with E-state index in [0.717, 1.165) is 29.7 Å². The number of nitrogens with one attached hydrogen (secondary N) is 1. The Bertz CT molecular complexity index is 224. The van der Waals surface area contributed by atoms with Crippen molar-refractivity contribution in [3.8, 4) is 0 Å². The third-order valence-corrected chi connectivity index (χ3v) is 5.27. The van der Waals surface area contributed by atoms with E-state index >= 15 is 0 Å². The molecule has 2 aliphatic carbocycles. The lowest BCUT2D eigenvalue weighted by Crippen LogP contribution is -2.39. The molecule has 2 rings (SSSR count). The van der Waals surface area contributed by atoms with Crippen LogP contribution in [0.25, 0.3) is 0 Å². The average molecular weight is 251 g/mol. The standard InChI is InChI=1S/C17H33N/c1-4-11-18-17(12-14-5-6-14)16-9-7-15(8-10-16)13(2)3/h13-18H,4-12H2,1-3H3. The first-order chi connectivity index (χ1) is 8.70. The van der Waals surface area contributed by atoms with E-state index in [0.29, 0.717) is 0 Å². The van der Waals surface area contributed by atoms with Crippen LogP contribution >= 0.6 is 0 Å². The molecule has 0 aromatic heterocycles. The molecular formula is C17H33N. The molecule has 0 amide bonds. The Hall–Kier alpha value is -0.0400. The summed E-state index contributed by atoms with van der Waals surface area (Å²) in [5.41, 5.74) is 0. The molecule has 0 saturated heterocycles. The lowest BCUT2D eigenvalue weighted by Gasteiger charge is -2.36. The van der Waals surface area contributed by atoms with Gasteiger partial charge >= 0.3 is 0 Å². The monoisotopic (exact) mass is 251 g/mol. The van der Waals surface area contributed by atoms with Crippen molar-refractivity contribution in [3.63, 3.8) is 0 Å². The van der Waals surface area contributed by atoms with Gasteiger partial charge in [-0.2, -0.15) is 0 Å². The molecule has 0 spiro atoms. The first-order valence-corrected chi connectivity index (χ1v) is 8.44. The molecule has 106 valence electrons. The van der Waals surface area contributed by atoms with E-state index in [4.69, 9.17) is 0 Å². The lowest BCUT2D eigenvalue weighted by molar-refractivity contribution is 0.181. The van der Waals surface area contributed by atoms with Gasteiger partial charge in [-0.15, -0.1) is 0 Å². The van der Waals surface area contributed by atoms with Crippen LogP contribution in [-0.4, -0.2) is 12.6 Å². The SMILES string of the molecule is CCCNC(CC1CC1)C1CCC(C(C)C)CC1. The van der Waals surface area contributed by atoms with E-state index in [2.05, 4.69) is 26.1 Å². The van der Waals surface area contributed by atoms with Crippen molar-refractivity contribution < 1.29 is 0 Å².